The molecule has 2 heterocycles. The second-order valence-corrected chi connectivity index (χ2v) is 7.76. The van der Waals surface area contributed by atoms with Gasteiger partial charge in [-0.2, -0.15) is 5.10 Å². The van der Waals surface area contributed by atoms with Crippen molar-refractivity contribution >= 4 is 10.9 Å². The highest BCUT2D eigenvalue weighted by molar-refractivity contribution is 5.84. The third-order valence-corrected chi connectivity index (χ3v) is 5.71. The molecule has 2 aromatic heterocycles. The number of aromatic nitrogens is 4. The molecule has 0 aliphatic rings. The normalized spacial score (nSPS) is 11.0. The van der Waals surface area contributed by atoms with Gasteiger partial charge in [0, 0.05) is 35.1 Å². The van der Waals surface area contributed by atoms with Crippen LogP contribution in [0.2, 0.25) is 0 Å². The zero-order valence-electron chi connectivity index (χ0n) is 19.4. The Morgan fingerprint density at radius 2 is 1.75 bits per heavy atom. The molecule has 4 rings (SSSR count). The van der Waals surface area contributed by atoms with Crippen LogP contribution in [0, 0.1) is 19.7 Å². The highest BCUT2D eigenvalue weighted by Crippen LogP contribution is 2.30. The van der Waals surface area contributed by atoms with Crippen molar-refractivity contribution < 1.29 is 14.6 Å². The molecule has 0 radical (unpaired) electrons. The Hall–Kier alpha value is -3.03. The molecule has 0 unspecified atom stereocenters. The molecule has 0 aliphatic carbocycles. The molecule has 2 N–H and O–H groups in total. The van der Waals surface area contributed by atoms with Gasteiger partial charge in [0.15, 0.2) is 0 Å². The maximum Gasteiger partial charge on any atom is 0.145 e. The Kier molecular flexibility index (Phi) is 7.43. The third-order valence-electron chi connectivity index (χ3n) is 5.71. The number of halogens is 1. The summed E-state index contributed by atoms with van der Waals surface area (Å²) in [6, 6.07) is 11.8. The van der Waals surface area contributed by atoms with Crippen LogP contribution in [0.15, 0.2) is 36.4 Å². The van der Waals surface area contributed by atoms with E-state index in [9.17, 15) is 4.39 Å². The van der Waals surface area contributed by atoms with Crippen LogP contribution >= 0.6 is 0 Å². The molecular weight excluding hydrogens is 407 g/mol. The summed E-state index contributed by atoms with van der Waals surface area (Å²) in [4.78, 5) is 4.78. The van der Waals surface area contributed by atoms with Crippen LogP contribution in [0.5, 0.6) is 0 Å². The summed E-state index contributed by atoms with van der Waals surface area (Å²) in [5.74, 6) is 0.605. The number of rotatable bonds is 5. The number of hydrogen-bond donors (Lipinski definition) is 2. The first kappa shape index (κ1) is 23.6. The number of aliphatic hydroxyl groups excluding tert-OH is 1. The van der Waals surface area contributed by atoms with Crippen molar-refractivity contribution in [1.29, 1.82) is 0 Å². The van der Waals surface area contributed by atoms with Gasteiger partial charge in [0.05, 0.1) is 11.2 Å². The Labute approximate surface area is 188 Å². The average molecular weight is 439 g/mol. The van der Waals surface area contributed by atoms with Gasteiger partial charge >= 0.3 is 0 Å². The predicted octanol–water partition coefficient (Wildman–Crippen LogP) is 4.63. The van der Waals surface area contributed by atoms with Crippen molar-refractivity contribution in [1.82, 2.24) is 19.3 Å². The molecule has 2 aromatic carbocycles. The molecule has 0 bridgehead atoms. The van der Waals surface area contributed by atoms with Gasteiger partial charge in [0.2, 0.25) is 0 Å². The van der Waals surface area contributed by atoms with Crippen LogP contribution in [0.4, 0.5) is 4.39 Å². The number of hydrogen-bond acceptors (Lipinski definition) is 4. The minimum Gasteiger partial charge on any atom is -0.371 e. The van der Waals surface area contributed by atoms with E-state index in [2.05, 4.69) is 42.6 Å². The molecule has 170 valence electrons. The van der Waals surface area contributed by atoms with Gasteiger partial charge in [-0.1, -0.05) is 32.4 Å². The number of aryl methyl sites for hydroxylation is 4. The van der Waals surface area contributed by atoms with E-state index in [0.29, 0.717) is 0 Å². The Bertz CT molecular complexity index is 1230. The van der Waals surface area contributed by atoms with E-state index < -0.39 is 6.79 Å². The average Bonchev–Trinajstić information content (AvgIpc) is 3.24. The lowest BCUT2D eigenvalue weighted by molar-refractivity contribution is 0.0773. The molecule has 0 aliphatic heterocycles. The SMILES string of the molecule is CCCc1ccc(-c2nc(C)c(C)n2-c2ccc3nn(C)c(CC)c3c2)cc1F.OCO. The van der Waals surface area contributed by atoms with Crippen LogP contribution in [0.25, 0.3) is 28.0 Å². The Balaban J connectivity index is 0.000000913. The van der Waals surface area contributed by atoms with Crippen LogP contribution < -0.4 is 0 Å². The number of fused-ring (bicyclic) bond motifs is 1. The van der Waals surface area contributed by atoms with Crippen LogP contribution in [0.1, 0.15) is 42.9 Å². The number of benzene rings is 2. The maximum absolute atomic E-state index is 14.6. The zero-order chi connectivity index (χ0) is 23.4. The van der Waals surface area contributed by atoms with Crippen LogP contribution in [-0.2, 0) is 19.9 Å². The molecule has 32 heavy (non-hydrogen) atoms. The van der Waals surface area contributed by atoms with E-state index in [1.54, 1.807) is 6.07 Å². The van der Waals surface area contributed by atoms with Crippen LogP contribution in [0.3, 0.4) is 0 Å². The van der Waals surface area contributed by atoms with E-state index >= 15 is 0 Å². The maximum atomic E-state index is 14.6. The van der Waals surface area contributed by atoms with Gasteiger partial charge < -0.3 is 10.2 Å². The van der Waals surface area contributed by atoms with Gasteiger partial charge in [-0.05, 0) is 56.5 Å². The second-order valence-electron chi connectivity index (χ2n) is 7.76. The van der Waals surface area contributed by atoms with Crippen molar-refractivity contribution in [3.05, 3.63) is 64.9 Å². The predicted molar refractivity (Wildman–Crippen MR) is 125 cm³/mol. The fraction of sp³-hybridized carbons (Fsp3) is 0.360. The van der Waals surface area contributed by atoms with E-state index in [-0.39, 0.29) is 5.82 Å². The van der Waals surface area contributed by atoms with Gasteiger partial charge in [-0.25, -0.2) is 9.37 Å². The third kappa shape index (κ3) is 4.45. The first-order valence-corrected chi connectivity index (χ1v) is 10.9. The molecule has 0 saturated carbocycles. The zero-order valence-corrected chi connectivity index (χ0v) is 19.4. The molecule has 0 fully saturated rings. The Morgan fingerprint density at radius 1 is 1.03 bits per heavy atom. The quantitative estimate of drug-likeness (QED) is 0.446. The molecular formula is C25H31FN4O2. The fourth-order valence-electron chi connectivity index (χ4n) is 4.08. The van der Waals surface area contributed by atoms with Gasteiger partial charge in [0.1, 0.15) is 18.4 Å². The monoisotopic (exact) mass is 438 g/mol. The van der Waals surface area contributed by atoms with Gasteiger partial charge in [-0.3, -0.25) is 9.25 Å². The lowest BCUT2D eigenvalue weighted by Gasteiger charge is -2.12. The lowest BCUT2D eigenvalue weighted by atomic mass is 10.1. The van der Waals surface area contributed by atoms with Crippen molar-refractivity contribution in [2.75, 3.05) is 6.79 Å². The summed E-state index contributed by atoms with van der Waals surface area (Å²) in [6.07, 6.45) is 2.58. The standard InChI is InChI=1S/C24H27FN4.CH4O2/c1-6-8-17-9-10-18(13-21(17)25)24-26-15(3)16(4)29(24)19-11-12-22-20(14-19)23(7-2)28(5)27-22;2-1-3/h9-14H,6-8H2,1-5H3;2-3H,1H2. The number of imidazole rings is 1. The van der Waals surface area contributed by atoms with Crippen LogP contribution in [-0.4, -0.2) is 36.3 Å². The molecule has 4 aromatic rings. The summed E-state index contributed by atoms with van der Waals surface area (Å²) < 4.78 is 18.7. The van der Waals surface area contributed by atoms with E-state index in [4.69, 9.17) is 15.2 Å². The van der Waals surface area contributed by atoms with E-state index in [0.717, 1.165) is 64.2 Å². The molecule has 0 atom stereocenters. The molecule has 0 saturated heterocycles. The van der Waals surface area contributed by atoms with E-state index in [1.165, 1.54) is 5.69 Å². The number of aliphatic hydroxyl groups is 2. The van der Waals surface area contributed by atoms with Gasteiger partial charge in [-0.15, -0.1) is 0 Å². The largest absolute Gasteiger partial charge is 0.371 e. The lowest BCUT2D eigenvalue weighted by Crippen LogP contribution is -2.01. The highest BCUT2D eigenvalue weighted by Gasteiger charge is 2.17. The van der Waals surface area contributed by atoms with Crippen molar-refractivity contribution in [2.45, 2.75) is 47.0 Å². The summed E-state index contributed by atoms with van der Waals surface area (Å²) in [5, 5.41) is 20.0. The minimum absolute atomic E-state index is 0.162. The second kappa shape index (κ2) is 10.1. The smallest absolute Gasteiger partial charge is 0.145 e. The first-order valence-electron chi connectivity index (χ1n) is 10.9. The van der Waals surface area contributed by atoms with E-state index in [1.807, 2.05) is 36.9 Å². The molecule has 0 spiro atoms. The van der Waals surface area contributed by atoms with Crippen molar-refractivity contribution in [3.8, 4) is 17.1 Å². The summed E-state index contributed by atoms with van der Waals surface area (Å²) >= 11 is 0. The first-order chi connectivity index (χ1) is 15.4. The summed E-state index contributed by atoms with van der Waals surface area (Å²) in [7, 11) is 1.98. The molecule has 0 amide bonds. The van der Waals surface area contributed by atoms with Crippen molar-refractivity contribution in [2.24, 2.45) is 7.05 Å². The van der Waals surface area contributed by atoms with Gasteiger partial charge in [0.25, 0.3) is 0 Å². The summed E-state index contributed by atoms with van der Waals surface area (Å²) in [6.45, 7) is 7.51. The number of nitrogens with zero attached hydrogens (tertiary/aromatic N) is 4. The molecule has 6 nitrogen and oxygen atoms in total. The van der Waals surface area contributed by atoms with Crippen molar-refractivity contribution in [3.63, 3.8) is 0 Å². The highest BCUT2D eigenvalue weighted by atomic mass is 19.1. The summed E-state index contributed by atoms with van der Waals surface area (Å²) in [5.41, 5.74) is 6.75. The minimum atomic E-state index is -0.750. The molecule has 7 heteroatoms. The topological polar surface area (TPSA) is 76.1 Å². The Morgan fingerprint density at radius 3 is 2.38 bits per heavy atom. The fourth-order valence-corrected chi connectivity index (χ4v) is 4.08.